The Bertz CT molecular complexity index is 456. The number of piperazine rings is 1. The fourth-order valence-electron chi connectivity index (χ4n) is 3.70. The lowest BCUT2D eigenvalue weighted by molar-refractivity contribution is 0.0750. The van der Waals surface area contributed by atoms with Gasteiger partial charge in [0, 0.05) is 45.3 Å². The van der Waals surface area contributed by atoms with Crippen molar-refractivity contribution in [3.8, 4) is 0 Å². The summed E-state index contributed by atoms with van der Waals surface area (Å²) in [5.74, 6) is 0.668. The summed E-state index contributed by atoms with van der Waals surface area (Å²) < 4.78 is 26.2. The van der Waals surface area contributed by atoms with E-state index in [-0.39, 0.29) is 5.25 Å². The molecule has 21 heavy (non-hydrogen) atoms. The zero-order valence-corrected chi connectivity index (χ0v) is 14.2. The SMILES string of the molecule is C[C@@H]1CN(C)CCN1CC1CCN(S(=O)(=O)C2CC2)CC1. The highest BCUT2D eigenvalue weighted by atomic mass is 32.2. The first-order valence-electron chi connectivity index (χ1n) is 8.38. The summed E-state index contributed by atoms with van der Waals surface area (Å²) in [6, 6.07) is 0.622. The average Bonchev–Trinajstić information content (AvgIpc) is 3.27. The van der Waals surface area contributed by atoms with Crippen LogP contribution in [0.2, 0.25) is 0 Å². The van der Waals surface area contributed by atoms with Gasteiger partial charge in [-0.3, -0.25) is 4.90 Å². The summed E-state index contributed by atoms with van der Waals surface area (Å²) in [6.07, 6.45) is 3.82. The van der Waals surface area contributed by atoms with E-state index in [1.54, 1.807) is 4.31 Å². The molecule has 122 valence electrons. The van der Waals surface area contributed by atoms with Crippen LogP contribution in [0.4, 0.5) is 0 Å². The van der Waals surface area contributed by atoms with Crippen LogP contribution in [0.1, 0.15) is 32.6 Å². The fraction of sp³-hybridized carbons (Fsp3) is 1.00. The topological polar surface area (TPSA) is 43.9 Å². The molecule has 1 saturated carbocycles. The lowest BCUT2D eigenvalue weighted by Gasteiger charge is -2.41. The van der Waals surface area contributed by atoms with Crippen LogP contribution in [-0.2, 0) is 10.0 Å². The van der Waals surface area contributed by atoms with Gasteiger partial charge in [0.05, 0.1) is 5.25 Å². The van der Waals surface area contributed by atoms with Crippen LogP contribution in [0.3, 0.4) is 0 Å². The van der Waals surface area contributed by atoms with Crippen molar-refractivity contribution >= 4 is 10.0 Å². The Morgan fingerprint density at radius 1 is 1.00 bits per heavy atom. The van der Waals surface area contributed by atoms with Crippen LogP contribution in [0.5, 0.6) is 0 Å². The number of hydrogen-bond donors (Lipinski definition) is 0. The second-order valence-corrected chi connectivity index (χ2v) is 9.41. The van der Waals surface area contributed by atoms with Gasteiger partial charge in [0.2, 0.25) is 10.0 Å². The van der Waals surface area contributed by atoms with Crippen LogP contribution in [-0.4, -0.2) is 80.1 Å². The number of likely N-dealkylation sites (N-methyl/N-ethyl adjacent to an activating group) is 1. The lowest BCUT2D eigenvalue weighted by Crippen LogP contribution is -2.52. The molecule has 5 nitrogen and oxygen atoms in total. The Hall–Kier alpha value is -0.170. The summed E-state index contributed by atoms with van der Waals surface area (Å²) in [6.45, 7) is 8.39. The minimum absolute atomic E-state index is 0.0493. The maximum Gasteiger partial charge on any atom is 0.216 e. The van der Waals surface area contributed by atoms with E-state index in [0.29, 0.717) is 12.0 Å². The Balaban J connectivity index is 1.47. The van der Waals surface area contributed by atoms with Crippen molar-refractivity contribution in [3.05, 3.63) is 0 Å². The zero-order chi connectivity index (χ0) is 15.0. The van der Waals surface area contributed by atoms with Gasteiger partial charge in [-0.15, -0.1) is 0 Å². The number of sulfonamides is 1. The van der Waals surface area contributed by atoms with Gasteiger partial charge in [0.1, 0.15) is 0 Å². The zero-order valence-electron chi connectivity index (χ0n) is 13.4. The molecule has 0 aromatic heterocycles. The molecule has 0 aromatic rings. The van der Waals surface area contributed by atoms with E-state index in [0.717, 1.165) is 65.0 Å². The van der Waals surface area contributed by atoms with Crippen molar-refractivity contribution in [1.29, 1.82) is 0 Å². The largest absolute Gasteiger partial charge is 0.304 e. The van der Waals surface area contributed by atoms with E-state index in [4.69, 9.17) is 0 Å². The van der Waals surface area contributed by atoms with Gasteiger partial charge >= 0.3 is 0 Å². The van der Waals surface area contributed by atoms with Gasteiger partial charge in [-0.05, 0) is 45.6 Å². The van der Waals surface area contributed by atoms with Gasteiger partial charge in [-0.1, -0.05) is 0 Å². The van der Waals surface area contributed by atoms with Crippen LogP contribution >= 0.6 is 0 Å². The minimum Gasteiger partial charge on any atom is -0.304 e. The molecule has 1 atom stereocenters. The Morgan fingerprint density at radius 2 is 1.67 bits per heavy atom. The molecule has 0 unspecified atom stereocenters. The maximum absolute atomic E-state index is 12.2. The van der Waals surface area contributed by atoms with Crippen LogP contribution in [0.25, 0.3) is 0 Å². The molecule has 0 radical (unpaired) electrons. The van der Waals surface area contributed by atoms with Gasteiger partial charge in [0.15, 0.2) is 0 Å². The van der Waals surface area contributed by atoms with E-state index in [9.17, 15) is 8.42 Å². The van der Waals surface area contributed by atoms with E-state index in [2.05, 4.69) is 23.8 Å². The molecule has 2 saturated heterocycles. The quantitative estimate of drug-likeness (QED) is 0.771. The smallest absolute Gasteiger partial charge is 0.216 e. The first kappa shape index (κ1) is 15.7. The predicted molar refractivity (Wildman–Crippen MR) is 84.8 cm³/mol. The first-order chi connectivity index (χ1) is 9.96. The van der Waals surface area contributed by atoms with E-state index in [1.807, 2.05) is 0 Å². The van der Waals surface area contributed by atoms with Crippen LogP contribution in [0.15, 0.2) is 0 Å². The number of nitrogens with zero attached hydrogens (tertiary/aromatic N) is 3. The van der Waals surface area contributed by atoms with Crippen molar-refractivity contribution < 1.29 is 8.42 Å². The molecule has 1 aliphatic carbocycles. The monoisotopic (exact) mass is 315 g/mol. The Kier molecular flexibility index (Phi) is 4.60. The molecule has 0 bridgehead atoms. The van der Waals surface area contributed by atoms with Gasteiger partial charge in [0.25, 0.3) is 0 Å². The molecule has 2 aliphatic heterocycles. The first-order valence-corrected chi connectivity index (χ1v) is 9.88. The molecule has 3 aliphatic rings. The van der Waals surface area contributed by atoms with Crippen molar-refractivity contribution in [2.24, 2.45) is 5.92 Å². The lowest BCUT2D eigenvalue weighted by atomic mass is 9.96. The van der Waals surface area contributed by atoms with Crippen molar-refractivity contribution in [1.82, 2.24) is 14.1 Å². The molecule has 0 N–H and O–H groups in total. The normalized spacial score (nSPS) is 31.6. The average molecular weight is 315 g/mol. The highest BCUT2D eigenvalue weighted by Crippen LogP contribution is 2.33. The summed E-state index contributed by atoms with van der Waals surface area (Å²) in [5, 5.41) is -0.0493. The molecule has 2 heterocycles. The molecular weight excluding hydrogens is 286 g/mol. The molecule has 3 rings (SSSR count). The number of hydrogen-bond acceptors (Lipinski definition) is 4. The Morgan fingerprint density at radius 3 is 2.24 bits per heavy atom. The molecule has 0 aromatic carbocycles. The Labute approximate surface area is 129 Å². The van der Waals surface area contributed by atoms with Crippen molar-refractivity contribution in [2.45, 2.75) is 43.9 Å². The minimum atomic E-state index is -2.95. The highest BCUT2D eigenvalue weighted by Gasteiger charge is 2.41. The van der Waals surface area contributed by atoms with E-state index >= 15 is 0 Å². The van der Waals surface area contributed by atoms with Crippen molar-refractivity contribution in [2.75, 3.05) is 46.3 Å². The van der Waals surface area contributed by atoms with Crippen LogP contribution < -0.4 is 0 Å². The summed E-state index contributed by atoms with van der Waals surface area (Å²) in [4.78, 5) is 4.99. The maximum atomic E-state index is 12.2. The third kappa shape index (κ3) is 3.60. The molecule has 0 spiro atoms. The van der Waals surface area contributed by atoms with Gasteiger partial charge in [-0.25, -0.2) is 12.7 Å². The van der Waals surface area contributed by atoms with Crippen LogP contribution in [0, 0.1) is 5.92 Å². The van der Waals surface area contributed by atoms with E-state index in [1.165, 1.54) is 0 Å². The van der Waals surface area contributed by atoms with Gasteiger partial charge < -0.3 is 4.90 Å². The summed E-state index contributed by atoms with van der Waals surface area (Å²) >= 11 is 0. The molecule has 3 fully saturated rings. The third-order valence-electron chi connectivity index (χ3n) is 5.34. The van der Waals surface area contributed by atoms with E-state index < -0.39 is 10.0 Å². The molecule has 6 heteroatoms. The summed E-state index contributed by atoms with van der Waals surface area (Å²) in [7, 11) is -0.761. The highest BCUT2D eigenvalue weighted by molar-refractivity contribution is 7.90. The standard InChI is InChI=1S/C15H29N3O2S/c1-13-11-16(2)9-10-17(13)12-14-5-7-18(8-6-14)21(19,20)15-3-4-15/h13-15H,3-12H2,1-2H3/t13-/m1/s1. The summed E-state index contributed by atoms with van der Waals surface area (Å²) in [5.41, 5.74) is 0. The number of rotatable bonds is 4. The van der Waals surface area contributed by atoms with Gasteiger partial charge in [-0.2, -0.15) is 0 Å². The van der Waals surface area contributed by atoms with Crippen molar-refractivity contribution in [3.63, 3.8) is 0 Å². The fourth-order valence-corrected chi connectivity index (χ4v) is 5.58. The predicted octanol–water partition coefficient (Wildman–Crippen LogP) is 0.827. The second kappa shape index (κ2) is 6.14. The molecule has 0 amide bonds. The molecular formula is C15H29N3O2S. The third-order valence-corrected chi connectivity index (χ3v) is 7.74. The number of piperidine rings is 1. The second-order valence-electron chi connectivity index (χ2n) is 7.19.